The van der Waals surface area contributed by atoms with Crippen LogP contribution < -0.4 is 5.32 Å². The summed E-state index contributed by atoms with van der Waals surface area (Å²) in [6, 6.07) is 6.14. The van der Waals surface area contributed by atoms with Crippen molar-refractivity contribution in [2.24, 2.45) is 0 Å². The first-order valence-corrected chi connectivity index (χ1v) is 7.39. The summed E-state index contributed by atoms with van der Waals surface area (Å²) in [5, 5.41) is 2.67. The second kappa shape index (κ2) is 5.50. The number of aryl methyl sites for hydroxylation is 1. The first-order valence-electron chi connectivity index (χ1n) is 4.99. The summed E-state index contributed by atoms with van der Waals surface area (Å²) >= 11 is 7.96. The molecule has 2 aromatic rings. The van der Waals surface area contributed by atoms with E-state index in [9.17, 15) is 9.18 Å². The molecule has 94 valence electrons. The molecule has 1 amide bonds. The van der Waals surface area contributed by atoms with Crippen LogP contribution in [0.4, 0.5) is 10.1 Å². The minimum atomic E-state index is -0.362. The fraction of sp³-hybridized carbons (Fsp3) is 0.0833. The monoisotopic (exact) mass is 391 g/mol. The molecule has 0 spiro atoms. The van der Waals surface area contributed by atoms with Crippen molar-refractivity contribution in [3.05, 3.63) is 48.8 Å². The molecule has 2 nitrogen and oxygen atoms in total. The molecule has 0 aliphatic rings. The molecule has 0 aliphatic carbocycles. The third kappa shape index (κ3) is 3.18. The number of thiophene rings is 1. The second-order valence-corrected chi connectivity index (χ2v) is 6.93. The number of carbonyl (C=O) groups is 1. The zero-order chi connectivity index (χ0) is 13.3. The topological polar surface area (TPSA) is 29.1 Å². The van der Waals surface area contributed by atoms with Crippen LogP contribution in [0.2, 0.25) is 0 Å². The molecular formula is C12H8Br2FNOS. The van der Waals surface area contributed by atoms with E-state index in [1.807, 2.05) is 0 Å². The van der Waals surface area contributed by atoms with Crippen molar-refractivity contribution in [1.29, 1.82) is 0 Å². The van der Waals surface area contributed by atoms with Crippen LogP contribution >= 0.6 is 43.2 Å². The quantitative estimate of drug-likeness (QED) is 0.767. The SMILES string of the molecule is Cc1cc(F)cc(NC(=O)c2cc(Br)c(Br)s2)c1. The number of benzene rings is 1. The van der Waals surface area contributed by atoms with Gasteiger partial charge in [0, 0.05) is 10.2 Å². The average Bonchev–Trinajstić information content (AvgIpc) is 2.57. The highest BCUT2D eigenvalue weighted by Crippen LogP contribution is 2.32. The van der Waals surface area contributed by atoms with Crippen molar-refractivity contribution in [3.63, 3.8) is 0 Å². The van der Waals surface area contributed by atoms with Crippen LogP contribution in [-0.4, -0.2) is 5.91 Å². The van der Waals surface area contributed by atoms with Gasteiger partial charge in [0.25, 0.3) is 5.91 Å². The normalized spacial score (nSPS) is 10.4. The molecule has 1 aromatic carbocycles. The molecular weight excluding hydrogens is 385 g/mol. The molecule has 0 aliphatic heterocycles. The highest BCUT2D eigenvalue weighted by Gasteiger charge is 2.12. The van der Waals surface area contributed by atoms with E-state index in [-0.39, 0.29) is 11.7 Å². The molecule has 1 N–H and O–H groups in total. The minimum Gasteiger partial charge on any atom is -0.321 e. The largest absolute Gasteiger partial charge is 0.321 e. The number of nitrogens with one attached hydrogen (secondary N) is 1. The van der Waals surface area contributed by atoms with Crippen LogP contribution in [-0.2, 0) is 0 Å². The molecule has 0 saturated heterocycles. The van der Waals surface area contributed by atoms with Gasteiger partial charge < -0.3 is 5.32 Å². The molecule has 2 rings (SSSR count). The van der Waals surface area contributed by atoms with E-state index in [2.05, 4.69) is 37.2 Å². The van der Waals surface area contributed by atoms with Gasteiger partial charge in [0.15, 0.2) is 0 Å². The average molecular weight is 393 g/mol. The molecule has 0 radical (unpaired) electrons. The van der Waals surface area contributed by atoms with E-state index < -0.39 is 0 Å². The first-order chi connectivity index (χ1) is 8.45. The third-order valence-electron chi connectivity index (χ3n) is 2.17. The summed E-state index contributed by atoms with van der Waals surface area (Å²) < 4.78 is 14.9. The van der Waals surface area contributed by atoms with Gasteiger partial charge in [-0.05, 0) is 68.6 Å². The molecule has 0 unspecified atom stereocenters. The highest BCUT2D eigenvalue weighted by atomic mass is 79.9. The Kier molecular flexibility index (Phi) is 4.19. The van der Waals surface area contributed by atoms with E-state index >= 15 is 0 Å². The van der Waals surface area contributed by atoms with E-state index in [1.165, 1.54) is 23.5 Å². The van der Waals surface area contributed by atoms with Gasteiger partial charge in [0.05, 0.1) is 8.66 Å². The van der Waals surface area contributed by atoms with Gasteiger partial charge >= 0.3 is 0 Å². The molecule has 6 heteroatoms. The number of hydrogen-bond donors (Lipinski definition) is 1. The maximum Gasteiger partial charge on any atom is 0.265 e. The Labute approximate surface area is 124 Å². The lowest BCUT2D eigenvalue weighted by Crippen LogP contribution is -2.10. The lowest BCUT2D eigenvalue weighted by Gasteiger charge is -2.04. The summed E-state index contributed by atoms with van der Waals surface area (Å²) in [5.41, 5.74) is 1.22. The van der Waals surface area contributed by atoms with Crippen LogP contribution in [0.25, 0.3) is 0 Å². The van der Waals surface area contributed by atoms with Crippen LogP contribution in [0.15, 0.2) is 32.5 Å². The van der Waals surface area contributed by atoms with Gasteiger partial charge in [-0.2, -0.15) is 0 Å². The van der Waals surface area contributed by atoms with Crippen LogP contribution in [0.1, 0.15) is 15.2 Å². The zero-order valence-electron chi connectivity index (χ0n) is 9.26. The number of anilines is 1. The standard InChI is InChI=1S/C12H8Br2FNOS/c1-6-2-7(15)4-8(3-6)16-12(17)10-5-9(13)11(14)18-10/h2-5H,1H3,(H,16,17). The van der Waals surface area contributed by atoms with Crippen molar-refractivity contribution in [3.8, 4) is 0 Å². The van der Waals surface area contributed by atoms with Crippen LogP contribution in [0.5, 0.6) is 0 Å². The van der Waals surface area contributed by atoms with E-state index in [0.717, 1.165) is 13.8 Å². The Morgan fingerprint density at radius 2 is 2.00 bits per heavy atom. The predicted molar refractivity (Wildman–Crippen MR) is 78.8 cm³/mol. The minimum absolute atomic E-state index is 0.253. The van der Waals surface area contributed by atoms with Crippen molar-refractivity contribution < 1.29 is 9.18 Å². The van der Waals surface area contributed by atoms with Crippen LogP contribution in [0, 0.1) is 12.7 Å². The van der Waals surface area contributed by atoms with E-state index in [1.54, 1.807) is 19.1 Å². The summed E-state index contributed by atoms with van der Waals surface area (Å²) in [4.78, 5) is 12.5. The fourth-order valence-corrected chi connectivity index (χ4v) is 3.39. The smallest absolute Gasteiger partial charge is 0.265 e. The Morgan fingerprint density at radius 3 is 2.56 bits per heavy atom. The summed E-state index contributed by atoms with van der Waals surface area (Å²) in [6.45, 7) is 1.77. The number of hydrogen-bond acceptors (Lipinski definition) is 2. The predicted octanol–water partition coefficient (Wildman–Crippen LogP) is 4.97. The second-order valence-electron chi connectivity index (χ2n) is 3.70. The Bertz CT molecular complexity index is 572. The van der Waals surface area contributed by atoms with E-state index in [0.29, 0.717) is 10.6 Å². The lowest BCUT2D eigenvalue weighted by molar-refractivity contribution is 0.103. The molecule has 0 bridgehead atoms. The van der Waals surface area contributed by atoms with Crippen LogP contribution in [0.3, 0.4) is 0 Å². The highest BCUT2D eigenvalue weighted by molar-refractivity contribution is 9.13. The zero-order valence-corrected chi connectivity index (χ0v) is 13.2. The van der Waals surface area contributed by atoms with E-state index in [4.69, 9.17) is 0 Å². The number of amides is 1. The molecule has 18 heavy (non-hydrogen) atoms. The van der Waals surface area contributed by atoms with Gasteiger partial charge in [0.1, 0.15) is 5.82 Å². The van der Waals surface area contributed by atoms with Gasteiger partial charge in [0.2, 0.25) is 0 Å². The number of halogens is 3. The lowest BCUT2D eigenvalue weighted by atomic mass is 10.2. The maximum atomic E-state index is 13.2. The summed E-state index contributed by atoms with van der Waals surface area (Å²) in [5.74, 6) is -0.616. The van der Waals surface area contributed by atoms with Crippen molar-refractivity contribution >= 4 is 54.8 Å². The molecule has 1 heterocycles. The molecule has 0 fully saturated rings. The number of carbonyl (C=O) groups excluding carboxylic acids is 1. The maximum absolute atomic E-state index is 13.2. The molecule has 0 atom stereocenters. The molecule has 0 saturated carbocycles. The summed E-state index contributed by atoms with van der Waals surface area (Å²) in [6.07, 6.45) is 0. The Hall–Kier alpha value is -0.720. The summed E-state index contributed by atoms with van der Waals surface area (Å²) in [7, 11) is 0. The van der Waals surface area contributed by atoms with Crippen molar-refractivity contribution in [2.75, 3.05) is 5.32 Å². The van der Waals surface area contributed by atoms with Crippen molar-refractivity contribution in [1.82, 2.24) is 0 Å². The Morgan fingerprint density at radius 1 is 1.28 bits per heavy atom. The Balaban J connectivity index is 2.21. The third-order valence-corrected chi connectivity index (χ3v) is 5.42. The van der Waals surface area contributed by atoms with Crippen molar-refractivity contribution in [2.45, 2.75) is 6.92 Å². The fourth-order valence-electron chi connectivity index (χ4n) is 1.46. The van der Waals surface area contributed by atoms with Gasteiger partial charge in [-0.3, -0.25) is 4.79 Å². The van der Waals surface area contributed by atoms with Gasteiger partial charge in [-0.1, -0.05) is 0 Å². The molecule has 1 aromatic heterocycles. The van der Waals surface area contributed by atoms with Gasteiger partial charge in [-0.25, -0.2) is 4.39 Å². The van der Waals surface area contributed by atoms with Gasteiger partial charge in [-0.15, -0.1) is 11.3 Å². The number of rotatable bonds is 2. The first kappa shape index (κ1) is 13.7.